The van der Waals surface area contributed by atoms with Crippen LogP contribution in [-0.4, -0.2) is 7.05 Å². The Balaban J connectivity index is 2.23. The molecular formula is C12H11BrFIN2S. The molecule has 96 valence electrons. The lowest BCUT2D eigenvalue weighted by atomic mass is 10.2. The summed E-state index contributed by atoms with van der Waals surface area (Å²) in [6, 6.07) is 5.20. The van der Waals surface area contributed by atoms with E-state index < -0.39 is 0 Å². The molecule has 0 saturated carbocycles. The van der Waals surface area contributed by atoms with E-state index in [0.717, 1.165) is 9.47 Å². The Morgan fingerprint density at radius 3 is 2.78 bits per heavy atom. The van der Waals surface area contributed by atoms with Crippen molar-refractivity contribution < 1.29 is 4.39 Å². The van der Waals surface area contributed by atoms with E-state index in [2.05, 4.69) is 27.4 Å². The third-order valence-electron chi connectivity index (χ3n) is 2.52. The third kappa shape index (κ3) is 3.16. The molecule has 2 aromatic rings. The van der Waals surface area contributed by atoms with Gasteiger partial charge in [-0.15, -0.1) is 11.3 Å². The van der Waals surface area contributed by atoms with Crippen LogP contribution in [0.4, 0.5) is 15.8 Å². The topological polar surface area (TPSA) is 29.3 Å². The summed E-state index contributed by atoms with van der Waals surface area (Å²) in [4.78, 5) is 1.95. The van der Waals surface area contributed by atoms with Crippen LogP contribution in [0.5, 0.6) is 0 Å². The third-order valence-corrected chi connectivity index (χ3v) is 4.90. The van der Waals surface area contributed by atoms with Crippen molar-refractivity contribution in [2.24, 2.45) is 0 Å². The summed E-state index contributed by atoms with van der Waals surface area (Å²) in [7, 11) is 1.91. The van der Waals surface area contributed by atoms with Crippen LogP contribution in [0.25, 0.3) is 0 Å². The smallest absolute Gasteiger partial charge is 0.138 e. The number of nitrogens with zero attached hydrogens (tertiary/aromatic N) is 1. The highest BCUT2D eigenvalue weighted by molar-refractivity contribution is 14.1. The van der Waals surface area contributed by atoms with Gasteiger partial charge in [-0.1, -0.05) is 0 Å². The predicted octanol–water partition coefficient (Wildman–Crippen LogP) is 4.47. The van der Waals surface area contributed by atoms with Crippen molar-refractivity contribution in [1.29, 1.82) is 0 Å². The Morgan fingerprint density at radius 1 is 1.44 bits per heavy atom. The molecular weight excluding hydrogens is 430 g/mol. The van der Waals surface area contributed by atoms with Gasteiger partial charge in [-0.2, -0.15) is 0 Å². The molecule has 1 heterocycles. The van der Waals surface area contributed by atoms with E-state index in [1.165, 1.54) is 11.6 Å². The van der Waals surface area contributed by atoms with E-state index in [9.17, 15) is 4.39 Å². The summed E-state index contributed by atoms with van der Waals surface area (Å²) < 4.78 is 15.2. The SMILES string of the molecule is CN(Cc1csc(Br)c1)c1cc(F)c(I)cc1N. The lowest BCUT2D eigenvalue weighted by Crippen LogP contribution is -2.17. The molecule has 0 fully saturated rings. The van der Waals surface area contributed by atoms with Crippen molar-refractivity contribution in [2.75, 3.05) is 17.7 Å². The quantitative estimate of drug-likeness (QED) is 0.563. The molecule has 2 rings (SSSR count). The van der Waals surface area contributed by atoms with Crippen LogP contribution in [0.15, 0.2) is 27.4 Å². The van der Waals surface area contributed by atoms with Gasteiger partial charge < -0.3 is 10.6 Å². The molecule has 18 heavy (non-hydrogen) atoms. The Hall–Kier alpha value is -0.340. The normalized spacial score (nSPS) is 10.7. The minimum atomic E-state index is -0.238. The van der Waals surface area contributed by atoms with Gasteiger partial charge >= 0.3 is 0 Å². The molecule has 0 bridgehead atoms. The summed E-state index contributed by atoms with van der Waals surface area (Å²) in [5, 5.41) is 2.07. The summed E-state index contributed by atoms with van der Waals surface area (Å²) in [5.74, 6) is -0.238. The first kappa shape index (κ1) is 14.1. The maximum absolute atomic E-state index is 13.6. The first-order chi connectivity index (χ1) is 8.47. The van der Waals surface area contributed by atoms with E-state index in [-0.39, 0.29) is 5.82 Å². The van der Waals surface area contributed by atoms with E-state index in [1.807, 2.05) is 34.5 Å². The zero-order chi connectivity index (χ0) is 13.3. The van der Waals surface area contributed by atoms with Crippen molar-refractivity contribution in [3.05, 3.63) is 42.3 Å². The molecule has 0 aliphatic heterocycles. The van der Waals surface area contributed by atoms with Crippen LogP contribution < -0.4 is 10.6 Å². The van der Waals surface area contributed by atoms with Gasteiger partial charge in [0.25, 0.3) is 0 Å². The standard InChI is InChI=1S/C12H11BrFIN2S/c1-17(5-7-2-12(13)18-6-7)11-3-8(14)9(15)4-10(11)16/h2-4,6H,5,16H2,1H3. The lowest BCUT2D eigenvalue weighted by molar-refractivity contribution is 0.620. The van der Waals surface area contributed by atoms with Gasteiger partial charge in [0.05, 0.1) is 18.7 Å². The minimum absolute atomic E-state index is 0.238. The van der Waals surface area contributed by atoms with Crippen LogP contribution in [0.3, 0.4) is 0 Å². The molecule has 2 nitrogen and oxygen atoms in total. The molecule has 0 aliphatic rings. The second kappa shape index (κ2) is 5.75. The number of benzene rings is 1. The van der Waals surface area contributed by atoms with E-state index in [1.54, 1.807) is 17.4 Å². The number of thiophene rings is 1. The predicted molar refractivity (Wildman–Crippen MR) is 87.7 cm³/mol. The van der Waals surface area contributed by atoms with E-state index >= 15 is 0 Å². The van der Waals surface area contributed by atoms with Gasteiger partial charge in [0.2, 0.25) is 0 Å². The number of nitrogens with two attached hydrogens (primary N) is 1. The van der Waals surface area contributed by atoms with Gasteiger partial charge in [0.1, 0.15) is 5.82 Å². The fourth-order valence-electron chi connectivity index (χ4n) is 1.67. The van der Waals surface area contributed by atoms with Crippen LogP contribution in [0.2, 0.25) is 0 Å². The van der Waals surface area contributed by atoms with Crippen molar-refractivity contribution >= 4 is 61.2 Å². The van der Waals surface area contributed by atoms with Gasteiger partial charge in [-0.3, -0.25) is 0 Å². The van der Waals surface area contributed by atoms with Crippen molar-refractivity contribution in [3.8, 4) is 0 Å². The first-order valence-corrected chi connectivity index (χ1v) is 7.91. The first-order valence-electron chi connectivity index (χ1n) is 5.16. The minimum Gasteiger partial charge on any atom is -0.397 e. The van der Waals surface area contributed by atoms with Gasteiger partial charge in [-0.05, 0) is 61.6 Å². The van der Waals surface area contributed by atoms with Gasteiger partial charge in [0, 0.05) is 19.7 Å². The highest BCUT2D eigenvalue weighted by Gasteiger charge is 2.11. The molecule has 1 aromatic heterocycles. The Kier molecular flexibility index (Phi) is 4.50. The fourth-order valence-corrected chi connectivity index (χ4v) is 3.36. The average molecular weight is 441 g/mol. The second-order valence-electron chi connectivity index (χ2n) is 3.94. The number of hydrogen-bond donors (Lipinski definition) is 1. The summed E-state index contributed by atoms with van der Waals surface area (Å²) in [5.41, 5.74) is 8.42. The number of rotatable bonds is 3. The maximum atomic E-state index is 13.6. The molecule has 2 N–H and O–H groups in total. The van der Waals surface area contributed by atoms with Crippen LogP contribution in [0, 0.1) is 9.39 Å². The molecule has 0 unspecified atom stereocenters. The molecule has 0 saturated heterocycles. The molecule has 0 aliphatic carbocycles. The number of halogens is 3. The van der Waals surface area contributed by atoms with Crippen molar-refractivity contribution in [1.82, 2.24) is 0 Å². The number of anilines is 2. The van der Waals surface area contributed by atoms with Gasteiger partial charge in [0.15, 0.2) is 0 Å². The highest BCUT2D eigenvalue weighted by Crippen LogP contribution is 2.29. The van der Waals surface area contributed by atoms with Gasteiger partial charge in [-0.25, -0.2) is 4.39 Å². The Labute approximate surface area is 131 Å². The second-order valence-corrected chi connectivity index (χ2v) is 7.39. The summed E-state index contributed by atoms with van der Waals surface area (Å²) >= 11 is 7.00. The zero-order valence-corrected chi connectivity index (χ0v) is 14.1. The molecule has 0 spiro atoms. The zero-order valence-electron chi connectivity index (χ0n) is 9.58. The average Bonchev–Trinajstić information content (AvgIpc) is 2.69. The van der Waals surface area contributed by atoms with Crippen LogP contribution in [-0.2, 0) is 6.54 Å². The van der Waals surface area contributed by atoms with Crippen molar-refractivity contribution in [2.45, 2.75) is 6.54 Å². The monoisotopic (exact) mass is 440 g/mol. The molecule has 6 heteroatoms. The van der Waals surface area contributed by atoms with E-state index in [4.69, 9.17) is 5.73 Å². The molecule has 1 aromatic carbocycles. The molecule has 0 radical (unpaired) electrons. The lowest BCUT2D eigenvalue weighted by Gasteiger charge is -2.21. The highest BCUT2D eigenvalue weighted by atomic mass is 127. The largest absolute Gasteiger partial charge is 0.397 e. The Morgan fingerprint density at radius 2 is 2.17 bits per heavy atom. The maximum Gasteiger partial charge on any atom is 0.138 e. The Bertz CT molecular complexity index is 573. The number of hydrogen-bond acceptors (Lipinski definition) is 3. The van der Waals surface area contributed by atoms with Crippen LogP contribution >= 0.6 is 49.9 Å². The van der Waals surface area contributed by atoms with E-state index in [0.29, 0.717) is 15.8 Å². The summed E-state index contributed by atoms with van der Waals surface area (Å²) in [6.07, 6.45) is 0. The van der Waals surface area contributed by atoms with Crippen molar-refractivity contribution in [3.63, 3.8) is 0 Å². The summed E-state index contributed by atoms with van der Waals surface area (Å²) in [6.45, 7) is 0.701. The molecule has 0 amide bonds. The fraction of sp³-hybridized carbons (Fsp3) is 0.167. The molecule has 0 atom stereocenters. The van der Waals surface area contributed by atoms with Crippen LogP contribution in [0.1, 0.15) is 5.56 Å². The number of nitrogen functional groups attached to an aromatic ring is 1.